The molecule has 0 saturated carbocycles. The van der Waals surface area contributed by atoms with Gasteiger partial charge in [0.05, 0.1) is 5.69 Å². The van der Waals surface area contributed by atoms with Crippen LogP contribution in [-0.2, 0) is 22.4 Å². The molecule has 0 saturated heterocycles. The minimum absolute atomic E-state index is 0.112. The first-order chi connectivity index (χ1) is 12.4. The van der Waals surface area contributed by atoms with Gasteiger partial charge in [0, 0.05) is 11.3 Å². The number of primary amides is 1. The predicted molar refractivity (Wildman–Crippen MR) is 88.2 cm³/mol. The van der Waals surface area contributed by atoms with Crippen molar-refractivity contribution in [2.75, 3.05) is 0 Å². The number of ether oxygens (including phenoxy) is 1. The molecule has 1 atom stereocenters. The Bertz CT molecular complexity index is 876. The van der Waals surface area contributed by atoms with E-state index in [1.807, 2.05) is 5.32 Å². The van der Waals surface area contributed by atoms with E-state index >= 15 is 0 Å². The van der Waals surface area contributed by atoms with Gasteiger partial charge in [-0.1, -0.05) is 0 Å². The fraction of sp³-hybridized carbons (Fsp3) is 0.294. The Hall–Kier alpha value is -3.23. The van der Waals surface area contributed by atoms with E-state index in [4.69, 9.17) is 10.5 Å². The summed E-state index contributed by atoms with van der Waals surface area (Å²) in [6, 6.07) is 4.73. The van der Waals surface area contributed by atoms with Gasteiger partial charge in [0.1, 0.15) is 5.82 Å². The first-order valence-electron chi connectivity index (χ1n) is 8.05. The number of carbonyl (C=O) groups excluding carboxylic acids is 3. The summed E-state index contributed by atoms with van der Waals surface area (Å²) < 4.78 is 19.8. The molecule has 1 heterocycles. The van der Waals surface area contributed by atoms with Crippen LogP contribution in [0.2, 0.25) is 0 Å². The number of nitrogens with one attached hydrogen (secondary N) is 1. The van der Waals surface area contributed by atoms with Crippen LogP contribution in [0.15, 0.2) is 24.3 Å². The van der Waals surface area contributed by atoms with Crippen molar-refractivity contribution in [1.82, 2.24) is 15.1 Å². The van der Waals surface area contributed by atoms with Crippen LogP contribution in [0.25, 0.3) is 5.69 Å². The van der Waals surface area contributed by atoms with Crippen molar-refractivity contribution in [3.8, 4) is 5.69 Å². The SMILES string of the molecule is C[C@H](OC(=O)c1nn(-c2ccc(F)cc2)c2c1CCC2)C(=O)NC(N)=O. The van der Waals surface area contributed by atoms with E-state index in [1.165, 1.54) is 19.1 Å². The number of imide groups is 1. The van der Waals surface area contributed by atoms with Crippen molar-refractivity contribution < 1.29 is 23.5 Å². The number of hydrogen-bond donors (Lipinski definition) is 2. The summed E-state index contributed by atoms with van der Waals surface area (Å²) in [6.07, 6.45) is 1.03. The summed E-state index contributed by atoms with van der Waals surface area (Å²) in [5.41, 5.74) is 7.22. The van der Waals surface area contributed by atoms with Crippen molar-refractivity contribution in [3.63, 3.8) is 0 Å². The molecule has 8 nitrogen and oxygen atoms in total. The highest BCUT2D eigenvalue weighted by Gasteiger charge is 2.30. The Balaban J connectivity index is 1.85. The number of rotatable bonds is 4. The lowest BCUT2D eigenvalue weighted by Crippen LogP contribution is -2.42. The predicted octanol–water partition coefficient (Wildman–Crippen LogP) is 1.24. The summed E-state index contributed by atoms with van der Waals surface area (Å²) in [5.74, 6) is -1.96. The van der Waals surface area contributed by atoms with Crippen LogP contribution in [0.3, 0.4) is 0 Å². The Morgan fingerprint density at radius 3 is 2.62 bits per heavy atom. The van der Waals surface area contributed by atoms with Gasteiger partial charge in [-0.2, -0.15) is 5.10 Å². The zero-order valence-corrected chi connectivity index (χ0v) is 14.0. The Labute approximate surface area is 148 Å². The van der Waals surface area contributed by atoms with E-state index in [-0.39, 0.29) is 11.5 Å². The van der Waals surface area contributed by atoms with E-state index in [0.29, 0.717) is 12.1 Å². The van der Waals surface area contributed by atoms with Crippen LogP contribution in [0.1, 0.15) is 35.1 Å². The molecule has 3 amide bonds. The molecular weight excluding hydrogens is 343 g/mol. The van der Waals surface area contributed by atoms with Crippen molar-refractivity contribution >= 4 is 17.9 Å². The van der Waals surface area contributed by atoms with Crippen molar-refractivity contribution in [3.05, 3.63) is 47.0 Å². The number of benzene rings is 1. The largest absolute Gasteiger partial charge is 0.448 e. The van der Waals surface area contributed by atoms with Crippen LogP contribution in [0.4, 0.5) is 9.18 Å². The molecule has 0 spiro atoms. The zero-order valence-electron chi connectivity index (χ0n) is 14.0. The van der Waals surface area contributed by atoms with Crippen molar-refractivity contribution in [2.45, 2.75) is 32.3 Å². The molecule has 3 N–H and O–H groups in total. The summed E-state index contributed by atoms with van der Waals surface area (Å²) in [6.45, 7) is 1.33. The molecule has 0 unspecified atom stereocenters. The van der Waals surface area contributed by atoms with Gasteiger partial charge in [-0.25, -0.2) is 18.7 Å². The average Bonchev–Trinajstić information content (AvgIpc) is 3.17. The smallest absolute Gasteiger partial charge is 0.359 e. The Kier molecular flexibility index (Phi) is 4.70. The molecule has 0 bridgehead atoms. The average molecular weight is 360 g/mol. The quantitative estimate of drug-likeness (QED) is 0.796. The van der Waals surface area contributed by atoms with Gasteiger partial charge < -0.3 is 10.5 Å². The van der Waals surface area contributed by atoms with Crippen LogP contribution in [0, 0.1) is 5.82 Å². The second kappa shape index (κ2) is 6.95. The highest BCUT2D eigenvalue weighted by Crippen LogP contribution is 2.28. The van der Waals surface area contributed by atoms with Crippen LogP contribution in [0.5, 0.6) is 0 Å². The van der Waals surface area contributed by atoms with Gasteiger partial charge in [-0.05, 0) is 50.5 Å². The highest BCUT2D eigenvalue weighted by molar-refractivity contribution is 5.98. The number of urea groups is 1. The third-order valence-electron chi connectivity index (χ3n) is 4.09. The molecule has 26 heavy (non-hydrogen) atoms. The van der Waals surface area contributed by atoms with Crippen LogP contribution < -0.4 is 11.1 Å². The number of halogens is 1. The van der Waals surface area contributed by atoms with Crippen molar-refractivity contribution in [2.24, 2.45) is 5.73 Å². The minimum Gasteiger partial charge on any atom is -0.448 e. The number of hydrogen-bond acceptors (Lipinski definition) is 5. The lowest BCUT2D eigenvalue weighted by molar-refractivity contribution is -0.127. The van der Waals surface area contributed by atoms with Crippen molar-refractivity contribution in [1.29, 1.82) is 0 Å². The molecule has 1 aromatic carbocycles. The lowest BCUT2D eigenvalue weighted by atomic mass is 10.2. The molecule has 3 rings (SSSR count). The maximum Gasteiger partial charge on any atom is 0.359 e. The molecule has 136 valence electrons. The fourth-order valence-corrected chi connectivity index (χ4v) is 2.89. The normalized spacial score (nSPS) is 13.8. The maximum absolute atomic E-state index is 13.1. The lowest BCUT2D eigenvalue weighted by Gasteiger charge is -2.11. The second-order valence-electron chi connectivity index (χ2n) is 5.92. The fourth-order valence-electron chi connectivity index (χ4n) is 2.89. The van der Waals surface area contributed by atoms with E-state index in [0.717, 1.165) is 24.1 Å². The molecule has 1 aliphatic carbocycles. The number of nitrogens with zero attached hydrogens (tertiary/aromatic N) is 2. The summed E-state index contributed by atoms with van der Waals surface area (Å²) >= 11 is 0. The van der Waals surface area contributed by atoms with E-state index < -0.39 is 24.0 Å². The van der Waals surface area contributed by atoms with Gasteiger partial charge in [0.15, 0.2) is 11.8 Å². The van der Waals surface area contributed by atoms with Gasteiger partial charge in [0.25, 0.3) is 5.91 Å². The second-order valence-corrected chi connectivity index (χ2v) is 5.92. The Morgan fingerprint density at radius 1 is 1.27 bits per heavy atom. The van der Waals surface area contributed by atoms with E-state index in [1.54, 1.807) is 16.8 Å². The van der Waals surface area contributed by atoms with Gasteiger partial charge in [-0.15, -0.1) is 0 Å². The molecule has 0 aliphatic heterocycles. The number of nitrogens with two attached hydrogens (primary N) is 1. The molecule has 1 aromatic heterocycles. The van der Waals surface area contributed by atoms with Crippen LogP contribution in [-0.4, -0.2) is 33.8 Å². The molecule has 1 aliphatic rings. The van der Waals surface area contributed by atoms with Gasteiger partial charge in [-0.3, -0.25) is 10.1 Å². The maximum atomic E-state index is 13.1. The number of fused-ring (bicyclic) bond motifs is 1. The molecule has 2 aromatic rings. The third kappa shape index (κ3) is 3.41. The first kappa shape index (κ1) is 17.6. The summed E-state index contributed by atoms with van der Waals surface area (Å²) in [4.78, 5) is 34.8. The third-order valence-corrected chi connectivity index (χ3v) is 4.09. The van der Waals surface area contributed by atoms with Gasteiger partial charge >= 0.3 is 12.0 Å². The first-order valence-corrected chi connectivity index (χ1v) is 8.05. The monoisotopic (exact) mass is 360 g/mol. The summed E-state index contributed by atoms with van der Waals surface area (Å²) in [7, 11) is 0. The summed E-state index contributed by atoms with van der Waals surface area (Å²) in [5, 5.41) is 6.15. The molecular formula is C17H17FN4O4. The number of amides is 3. The zero-order chi connectivity index (χ0) is 18.8. The molecule has 0 fully saturated rings. The minimum atomic E-state index is -1.21. The standard InChI is InChI=1S/C17H17FN4O4/c1-9(15(23)20-17(19)25)26-16(24)14-12-3-2-4-13(12)22(21-14)11-7-5-10(18)6-8-11/h5-9H,2-4H2,1H3,(H3,19,20,23,25)/t9-/m0/s1. The van der Waals surface area contributed by atoms with E-state index in [9.17, 15) is 18.8 Å². The molecule has 9 heteroatoms. The van der Waals surface area contributed by atoms with E-state index in [2.05, 4.69) is 5.10 Å². The van der Waals surface area contributed by atoms with Gasteiger partial charge in [0.2, 0.25) is 0 Å². The molecule has 0 radical (unpaired) electrons. The number of esters is 1. The highest BCUT2D eigenvalue weighted by atomic mass is 19.1. The number of carbonyl (C=O) groups is 3. The topological polar surface area (TPSA) is 116 Å². The Morgan fingerprint density at radius 2 is 1.96 bits per heavy atom. The number of aromatic nitrogens is 2. The van der Waals surface area contributed by atoms with Crippen LogP contribution >= 0.6 is 0 Å².